The van der Waals surface area contributed by atoms with Gasteiger partial charge in [0.25, 0.3) is 0 Å². The van der Waals surface area contributed by atoms with Gasteiger partial charge >= 0.3 is 0 Å². The lowest BCUT2D eigenvalue weighted by Crippen LogP contribution is -2.41. The van der Waals surface area contributed by atoms with E-state index in [9.17, 15) is 26.7 Å². The SMILES string of the molecule is CCCCCCCCS(=O)(=O)Nc1ccc(-c2nc3n(n2)N=C(C(C)(C)C)C3C2C(=O)C(c3c(C(C)(C)C)[nH]n4nc(-c5ccc(NS(=O)(=O)CCCCCCCC)cc5)nc34)=C2O)cc1. The summed E-state index contributed by atoms with van der Waals surface area (Å²) in [5, 5.41) is 29.6. The monoisotopic (exact) mass is 942 g/mol. The number of H-pyrrole nitrogens is 1. The first-order valence-corrected chi connectivity index (χ1v) is 26.8. The minimum absolute atomic E-state index is 0.0599. The molecule has 7 rings (SSSR count). The molecule has 2 atom stereocenters. The number of benzene rings is 2. The van der Waals surface area contributed by atoms with Crippen LogP contribution in [-0.2, 0) is 30.3 Å². The molecule has 0 spiro atoms. The Morgan fingerprint density at radius 2 is 1.14 bits per heavy atom. The Kier molecular flexibility index (Phi) is 14.3. The van der Waals surface area contributed by atoms with Crippen molar-refractivity contribution in [2.45, 2.75) is 144 Å². The molecule has 3 aromatic heterocycles. The van der Waals surface area contributed by atoms with Gasteiger partial charge in [-0.05, 0) is 61.4 Å². The number of fused-ring (bicyclic) bond motifs is 2. The number of hydrogen-bond acceptors (Lipinski definition) is 11. The lowest BCUT2D eigenvalue weighted by Gasteiger charge is -2.35. The Balaban J connectivity index is 1.11. The number of allylic oxidation sites excluding steroid dienone is 2. The summed E-state index contributed by atoms with van der Waals surface area (Å²) in [6.07, 6.45) is 11.9. The first-order chi connectivity index (χ1) is 31.2. The number of nitrogens with zero attached hydrogens (tertiary/aromatic N) is 7. The third kappa shape index (κ3) is 10.7. The molecule has 16 nitrogen and oxygen atoms in total. The van der Waals surface area contributed by atoms with Gasteiger partial charge in [0.05, 0.1) is 45.9 Å². The maximum atomic E-state index is 14.7. The van der Waals surface area contributed by atoms with Gasteiger partial charge < -0.3 is 5.11 Å². The zero-order valence-corrected chi connectivity index (χ0v) is 41.2. The van der Waals surface area contributed by atoms with Crippen molar-refractivity contribution in [2.24, 2.45) is 16.4 Å². The molecule has 18 heteroatoms. The number of aromatic nitrogens is 7. The summed E-state index contributed by atoms with van der Waals surface area (Å²) in [6, 6.07) is 13.7. The third-order valence-corrected chi connectivity index (χ3v) is 15.0. The smallest absolute Gasteiger partial charge is 0.232 e. The zero-order valence-electron chi connectivity index (χ0n) is 39.6. The van der Waals surface area contributed by atoms with Crippen molar-refractivity contribution in [3.63, 3.8) is 0 Å². The third-order valence-electron chi connectivity index (χ3n) is 12.2. The van der Waals surface area contributed by atoms with Crippen molar-refractivity contribution < 1.29 is 26.7 Å². The van der Waals surface area contributed by atoms with E-state index in [1.807, 2.05) is 41.5 Å². The lowest BCUT2D eigenvalue weighted by atomic mass is 9.66. The molecule has 66 heavy (non-hydrogen) atoms. The quantitative estimate of drug-likeness (QED) is 0.0481. The summed E-state index contributed by atoms with van der Waals surface area (Å²) in [5.41, 5.74) is 3.41. The predicted molar refractivity (Wildman–Crippen MR) is 262 cm³/mol. The number of aliphatic hydroxyl groups excluding tert-OH is 1. The molecule has 2 aromatic carbocycles. The van der Waals surface area contributed by atoms with Crippen molar-refractivity contribution >= 4 is 54.1 Å². The predicted octanol–water partition coefficient (Wildman–Crippen LogP) is 10.0. The summed E-state index contributed by atoms with van der Waals surface area (Å²) in [6.45, 7) is 16.3. The largest absolute Gasteiger partial charge is 0.511 e. The topological polar surface area (TPSA) is 219 Å². The number of sulfonamides is 2. The summed E-state index contributed by atoms with van der Waals surface area (Å²) in [5.74, 6) is -0.858. The highest BCUT2D eigenvalue weighted by molar-refractivity contribution is 7.92. The average molecular weight is 943 g/mol. The molecule has 5 aromatic rings. The Labute approximate surface area is 389 Å². The Bertz CT molecular complexity index is 2830. The van der Waals surface area contributed by atoms with Crippen LogP contribution in [0.4, 0.5) is 11.4 Å². The van der Waals surface area contributed by atoms with E-state index < -0.39 is 42.7 Å². The number of Topliss-reactive ketones (excluding diaryl/α,β-unsaturated/α-hetero) is 1. The number of rotatable bonds is 22. The van der Waals surface area contributed by atoms with E-state index in [0.717, 1.165) is 64.2 Å². The van der Waals surface area contributed by atoms with Gasteiger partial charge in [0.15, 0.2) is 28.9 Å². The molecule has 0 bridgehead atoms. The second kappa shape index (κ2) is 19.5. The van der Waals surface area contributed by atoms with Crippen LogP contribution in [-0.4, -0.2) is 79.6 Å². The van der Waals surface area contributed by atoms with E-state index in [-0.39, 0.29) is 28.6 Å². The van der Waals surface area contributed by atoms with E-state index in [4.69, 9.17) is 20.2 Å². The molecule has 2 unspecified atom stereocenters. The lowest BCUT2D eigenvalue weighted by molar-refractivity contribution is -0.119. The number of ketones is 1. The van der Waals surface area contributed by atoms with Gasteiger partial charge in [-0.3, -0.25) is 19.3 Å². The van der Waals surface area contributed by atoms with Crippen molar-refractivity contribution in [2.75, 3.05) is 20.9 Å². The molecule has 1 aliphatic carbocycles. The first kappa shape index (κ1) is 48.6. The van der Waals surface area contributed by atoms with Crippen molar-refractivity contribution in [1.82, 2.24) is 34.7 Å². The molecule has 1 aliphatic heterocycles. The van der Waals surface area contributed by atoms with Crippen LogP contribution >= 0.6 is 0 Å². The Hall–Kier alpha value is -5.36. The zero-order chi connectivity index (χ0) is 47.6. The van der Waals surface area contributed by atoms with E-state index in [2.05, 4.69) is 33.5 Å². The van der Waals surface area contributed by atoms with Crippen LogP contribution in [0.5, 0.6) is 0 Å². The van der Waals surface area contributed by atoms with E-state index >= 15 is 0 Å². The fourth-order valence-electron chi connectivity index (χ4n) is 8.67. The van der Waals surface area contributed by atoms with Crippen LogP contribution in [0.1, 0.15) is 155 Å². The van der Waals surface area contributed by atoms with Crippen LogP contribution in [0.15, 0.2) is 59.4 Å². The molecule has 0 saturated heterocycles. The number of carbonyl (C=O) groups excluding carboxylic acids is 1. The van der Waals surface area contributed by atoms with Gasteiger partial charge in [0.1, 0.15) is 5.76 Å². The second-order valence-electron chi connectivity index (χ2n) is 19.8. The van der Waals surface area contributed by atoms with Crippen molar-refractivity contribution in [3.8, 4) is 22.8 Å². The molecule has 0 amide bonds. The number of aromatic amines is 1. The van der Waals surface area contributed by atoms with Gasteiger partial charge in [-0.2, -0.15) is 9.73 Å². The number of carbonyl (C=O) groups is 1. The highest BCUT2D eigenvalue weighted by Gasteiger charge is 2.54. The van der Waals surface area contributed by atoms with Gasteiger partial charge in [0.2, 0.25) is 20.0 Å². The first-order valence-electron chi connectivity index (χ1n) is 23.5. The summed E-state index contributed by atoms with van der Waals surface area (Å²) in [4.78, 5) is 25.8. The highest BCUT2D eigenvalue weighted by Crippen LogP contribution is 2.51. The minimum Gasteiger partial charge on any atom is -0.511 e. The maximum absolute atomic E-state index is 14.7. The average Bonchev–Trinajstić information content (AvgIpc) is 4.02. The van der Waals surface area contributed by atoms with Crippen LogP contribution in [0, 0.1) is 11.3 Å². The summed E-state index contributed by atoms with van der Waals surface area (Å²) >= 11 is 0. The van der Waals surface area contributed by atoms with Gasteiger partial charge in [-0.25, -0.2) is 26.8 Å². The summed E-state index contributed by atoms with van der Waals surface area (Å²) < 4.78 is 58.0. The number of unbranched alkanes of at least 4 members (excludes halogenated alkanes) is 10. The minimum atomic E-state index is -3.51. The van der Waals surface area contributed by atoms with E-state index in [1.165, 1.54) is 9.42 Å². The summed E-state index contributed by atoms with van der Waals surface area (Å²) in [7, 11) is -7.01. The number of nitrogens with one attached hydrogen (secondary N) is 3. The van der Waals surface area contributed by atoms with Crippen molar-refractivity contribution in [1.29, 1.82) is 0 Å². The fraction of sp³-hybridized carbons (Fsp3) is 0.542. The maximum Gasteiger partial charge on any atom is 0.232 e. The van der Waals surface area contributed by atoms with E-state index in [0.29, 0.717) is 75.4 Å². The molecule has 0 radical (unpaired) electrons. The van der Waals surface area contributed by atoms with Crippen molar-refractivity contribution in [3.05, 3.63) is 71.4 Å². The number of hydrogen-bond donors (Lipinski definition) is 4. The second-order valence-corrected chi connectivity index (χ2v) is 23.5. The molecule has 0 fully saturated rings. The van der Waals surface area contributed by atoms with E-state index in [1.54, 1.807) is 48.5 Å². The molecular weight excluding hydrogens is 877 g/mol. The van der Waals surface area contributed by atoms with Crippen LogP contribution in [0.2, 0.25) is 0 Å². The Morgan fingerprint density at radius 3 is 1.61 bits per heavy atom. The standard InChI is InChI=1S/C48H66N10O6S2/c1-9-11-13-15-17-19-29-65(61,62)55-33-25-21-31(22-26-33)43-49-45-37(41(47(3,4)5)51-57(45)53-43)35-39(59)36(40(35)60)38-42(48(6,7)8)52-58-46(38)50-44(54-58)32-23-27-34(28-24-32)56-66(63,64)30-20-18-16-14-12-10-2/h21-28,35,37,52,55-56,59H,9-20,29-30H2,1-8H3. The molecule has 4 heterocycles. The van der Waals surface area contributed by atoms with Crippen LogP contribution in [0.3, 0.4) is 0 Å². The molecular formula is C48H66N10O6S2. The van der Waals surface area contributed by atoms with Gasteiger partial charge in [-0.1, -0.05) is 120 Å². The van der Waals surface area contributed by atoms with Gasteiger partial charge in [0, 0.05) is 33.3 Å². The molecule has 0 saturated carbocycles. The van der Waals surface area contributed by atoms with Crippen LogP contribution < -0.4 is 9.44 Å². The number of anilines is 2. The molecule has 2 aliphatic rings. The normalized spacial score (nSPS) is 16.8. The highest BCUT2D eigenvalue weighted by atomic mass is 32.2. The van der Waals surface area contributed by atoms with Crippen LogP contribution in [0.25, 0.3) is 34.0 Å². The number of aliphatic hydroxyl groups is 1. The molecule has 4 N–H and O–H groups in total. The molecule has 356 valence electrons. The Morgan fingerprint density at radius 1 is 0.652 bits per heavy atom. The fourth-order valence-corrected chi connectivity index (χ4v) is 11.0. The van der Waals surface area contributed by atoms with Gasteiger partial charge in [-0.15, -0.1) is 15.0 Å².